The van der Waals surface area contributed by atoms with Gasteiger partial charge < -0.3 is 25.0 Å². The van der Waals surface area contributed by atoms with Crippen molar-refractivity contribution in [3.63, 3.8) is 0 Å². The van der Waals surface area contributed by atoms with E-state index >= 15 is 0 Å². The maximum atomic E-state index is 5.94. The van der Waals surface area contributed by atoms with Gasteiger partial charge >= 0.3 is 0 Å². The highest BCUT2D eigenvalue weighted by molar-refractivity contribution is 14.0. The van der Waals surface area contributed by atoms with Gasteiger partial charge in [0.2, 0.25) is 0 Å². The van der Waals surface area contributed by atoms with Crippen molar-refractivity contribution in [3.05, 3.63) is 64.7 Å². The van der Waals surface area contributed by atoms with Crippen LogP contribution in [0.4, 0.5) is 0 Å². The topological polar surface area (TPSA) is 58.1 Å². The second-order valence-electron chi connectivity index (χ2n) is 7.44. The Balaban J connectivity index is 0.00000480. The summed E-state index contributed by atoms with van der Waals surface area (Å²) in [6, 6.07) is 14.7. The van der Waals surface area contributed by atoms with Crippen molar-refractivity contribution in [1.29, 1.82) is 0 Å². The molecule has 2 aromatic rings. The maximum absolute atomic E-state index is 5.94. The van der Waals surface area contributed by atoms with Crippen molar-refractivity contribution >= 4 is 29.9 Å². The first kappa shape index (κ1) is 27.2. The van der Waals surface area contributed by atoms with Gasteiger partial charge in [-0.2, -0.15) is 0 Å². The van der Waals surface area contributed by atoms with Gasteiger partial charge in [0.1, 0.15) is 12.4 Å². The van der Waals surface area contributed by atoms with Crippen LogP contribution in [0, 0.1) is 6.92 Å². The molecule has 7 heteroatoms. The molecule has 0 amide bonds. The number of nitrogens with zero attached hydrogens (tertiary/aromatic N) is 2. The standard InChI is InChI=1S/C24H36N4O2.HI/c1-6-29-13-14-30-23-15-19(2)11-12-21(23)17-27-24(25-3)26-16-20-9-7-8-10-22(20)18-28(4)5;/h7-12,15H,6,13-14,16-18H2,1-5H3,(H2,25,26,27);1H. The molecule has 2 rings (SSSR count). The Kier molecular flexibility index (Phi) is 13.2. The van der Waals surface area contributed by atoms with Crippen LogP contribution in [0.3, 0.4) is 0 Å². The van der Waals surface area contributed by atoms with Crippen molar-refractivity contribution in [1.82, 2.24) is 15.5 Å². The molecule has 0 unspecified atom stereocenters. The average molecular weight is 540 g/mol. The molecule has 0 aliphatic heterocycles. The van der Waals surface area contributed by atoms with Gasteiger partial charge in [-0.05, 0) is 50.7 Å². The molecular weight excluding hydrogens is 503 g/mol. The molecule has 0 heterocycles. The van der Waals surface area contributed by atoms with E-state index < -0.39 is 0 Å². The van der Waals surface area contributed by atoms with Crippen LogP contribution in [0.1, 0.15) is 29.2 Å². The van der Waals surface area contributed by atoms with Crippen LogP contribution in [0.25, 0.3) is 0 Å². The predicted molar refractivity (Wildman–Crippen MR) is 139 cm³/mol. The van der Waals surface area contributed by atoms with Gasteiger partial charge in [0.25, 0.3) is 0 Å². The summed E-state index contributed by atoms with van der Waals surface area (Å²) < 4.78 is 11.3. The summed E-state index contributed by atoms with van der Waals surface area (Å²) >= 11 is 0. The fourth-order valence-electron chi connectivity index (χ4n) is 3.10. The van der Waals surface area contributed by atoms with Crippen molar-refractivity contribution in [2.24, 2.45) is 4.99 Å². The lowest BCUT2D eigenvalue weighted by Gasteiger charge is -2.17. The van der Waals surface area contributed by atoms with E-state index in [-0.39, 0.29) is 24.0 Å². The fraction of sp³-hybridized carbons (Fsp3) is 0.458. The monoisotopic (exact) mass is 540 g/mol. The zero-order chi connectivity index (χ0) is 21.8. The Labute approximate surface area is 204 Å². The molecule has 0 saturated heterocycles. The third-order valence-electron chi connectivity index (χ3n) is 4.63. The molecule has 0 radical (unpaired) electrons. The molecule has 2 aromatic carbocycles. The van der Waals surface area contributed by atoms with Crippen LogP contribution in [-0.2, 0) is 24.4 Å². The largest absolute Gasteiger partial charge is 0.491 e. The molecule has 0 aromatic heterocycles. The van der Waals surface area contributed by atoms with Gasteiger partial charge in [-0.3, -0.25) is 4.99 Å². The number of rotatable bonds is 11. The van der Waals surface area contributed by atoms with Crippen LogP contribution in [-0.4, -0.2) is 51.8 Å². The molecule has 0 atom stereocenters. The van der Waals surface area contributed by atoms with E-state index in [0.29, 0.717) is 26.4 Å². The number of halogens is 1. The highest BCUT2D eigenvalue weighted by Gasteiger charge is 2.08. The van der Waals surface area contributed by atoms with Crippen molar-refractivity contribution in [2.75, 3.05) is 41.0 Å². The van der Waals surface area contributed by atoms with Gasteiger partial charge in [0, 0.05) is 38.9 Å². The van der Waals surface area contributed by atoms with E-state index in [1.54, 1.807) is 7.05 Å². The molecule has 0 saturated carbocycles. The summed E-state index contributed by atoms with van der Waals surface area (Å²) in [5.41, 5.74) is 4.84. The summed E-state index contributed by atoms with van der Waals surface area (Å²) in [6.07, 6.45) is 0. The number of aliphatic imine (C=N–C) groups is 1. The number of hydrogen-bond acceptors (Lipinski definition) is 4. The Morgan fingerprint density at radius 2 is 1.65 bits per heavy atom. The van der Waals surface area contributed by atoms with Gasteiger partial charge in [-0.15, -0.1) is 24.0 Å². The minimum absolute atomic E-state index is 0. The highest BCUT2D eigenvalue weighted by Crippen LogP contribution is 2.20. The minimum Gasteiger partial charge on any atom is -0.491 e. The minimum atomic E-state index is 0. The van der Waals surface area contributed by atoms with E-state index in [9.17, 15) is 0 Å². The lowest BCUT2D eigenvalue weighted by Crippen LogP contribution is -2.36. The zero-order valence-corrected chi connectivity index (χ0v) is 21.7. The Hall–Kier alpha value is -1.84. The predicted octanol–water partition coefficient (Wildman–Crippen LogP) is 3.96. The first-order valence-electron chi connectivity index (χ1n) is 10.5. The van der Waals surface area contributed by atoms with E-state index in [1.165, 1.54) is 16.7 Å². The lowest BCUT2D eigenvalue weighted by atomic mass is 10.1. The van der Waals surface area contributed by atoms with Gasteiger partial charge in [-0.25, -0.2) is 0 Å². The summed E-state index contributed by atoms with van der Waals surface area (Å²) in [5, 5.41) is 6.81. The van der Waals surface area contributed by atoms with Crippen LogP contribution in [0.5, 0.6) is 5.75 Å². The molecule has 6 nitrogen and oxygen atoms in total. The Morgan fingerprint density at radius 1 is 0.968 bits per heavy atom. The SMILES string of the molecule is CCOCCOc1cc(C)ccc1CNC(=NC)NCc1ccccc1CN(C)C.I. The van der Waals surface area contributed by atoms with E-state index in [2.05, 4.69) is 84.0 Å². The van der Waals surface area contributed by atoms with Crippen molar-refractivity contribution in [3.8, 4) is 5.75 Å². The lowest BCUT2D eigenvalue weighted by molar-refractivity contribution is 0.110. The second-order valence-corrected chi connectivity index (χ2v) is 7.44. The van der Waals surface area contributed by atoms with Gasteiger partial charge in [0.05, 0.1) is 6.61 Å². The van der Waals surface area contributed by atoms with Crippen LogP contribution < -0.4 is 15.4 Å². The van der Waals surface area contributed by atoms with Crippen molar-refractivity contribution < 1.29 is 9.47 Å². The van der Waals surface area contributed by atoms with Crippen LogP contribution >= 0.6 is 24.0 Å². The number of aryl methyl sites for hydroxylation is 1. The fourth-order valence-corrected chi connectivity index (χ4v) is 3.10. The van der Waals surface area contributed by atoms with E-state index in [1.807, 2.05) is 6.92 Å². The quantitative estimate of drug-likeness (QED) is 0.196. The molecule has 0 aliphatic carbocycles. The third-order valence-corrected chi connectivity index (χ3v) is 4.63. The molecule has 0 bridgehead atoms. The molecule has 2 N–H and O–H groups in total. The van der Waals surface area contributed by atoms with Crippen molar-refractivity contribution in [2.45, 2.75) is 33.5 Å². The smallest absolute Gasteiger partial charge is 0.191 e. The molecule has 0 fully saturated rings. The first-order valence-corrected chi connectivity index (χ1v) is 10.5. The molecule has 31 heavy (non-hydrogen) atoms. The van der Waals surface area contributed by atoms with E-state index in [0.717, 1.165) is 30.4 Å². The number of hydrogen-bond donors (Lipinski definition) is 2. The summed E-state index contributed by atoms with van der Waals surface area (Å²) in [7, 11) is 5.95. The average Bonchev–Trinajstić information content (AvgIpc) is 2.73. The maximum Gasteiger partial charge on any atom is 0.191 e. The summed E-state index contributed by atoms with van der Waals surface area (Å²) in [6.45, 7) is 8.14. The molecule has 0 aliphatic rings. The van der Waals surface area contributed by atoms with Crippen LogP contribution in [0.2, 0.25) is 0 Å². The Morgan fingerprint density at radius 3 is 2.29 bits per heavy atom. The zero-order valence-electron chi connectivity index (χ0n) is 19.4. The second kappa shape index (κ2) is 15.0. The first-order chi connectivity index (χ1) is 14.5. The normalized spacial score (nSPS) is 11.2. The van der Waals surface area contributed by atoms with E-state index in [4.69, 9.17) is 9.47 Å². The van der Waals surface area contributed by atoms with Gasteiger partial charge in [0.15, 0.2) is 5.96 Å². The summed E-state index contributed by atoms with van der Waals surface area (Å²) in [5.74, 6) is 1.64. The number of ether oxygens (including phenoxy) is 2. The molecular formula is C24H37IN4O2. The number of benzene rings is 2. The highest BCUT2D eigenvalue weighted by atomic mass is 127. The summed E-state index contributed by atoms with van der Waals surface area (Å²) in [4.78, 5) is 6.54. The molecule has 172 valence electrons. The van der Waals surface area contributed by atoms with Gasteiger partial charge in [-0.1, -0.05) is 36.4 Å². The Bertz CT molecular complexity index is 812. The number of nitrogens with one attached hydrogen (secondary N) is 2. The number of guanidine groups is 1. The van der Waals surface area contributed by atoms with Crippen LogP contribution in [0.15, 0.2) is 47.5 Å². The third kappa shape index (κ3) is 9.88. The molecule has 0 spiro atoms.